The molecule has 1 aliphatic heterocycles. The standard InChI is InChI=1S/C23H25N3O8S3/c1-3-34-21(27)15-26-19-9-8-18(36(2,29)30)14-20(19)35-23(26)24-22(28)16-4-6-17(7-5-16)37(31,32)25-10-12-33-13-11-25/h4-9,14H,3,10-13,15H2,1-2H3. The van der Waals surface area contributed by atoms with E-state index in [2.05, 4.69) is 4.99 Å². The van der Waals surface area contributed by atoms with Gasteiger partial charge in [-0.25, -0.2) is 16.8 Å². The zero-order valence-corrected chi connectivity index (χ0v) is 22.6. The molecular weight excluding hydrogens is 542 g/mol. The Labute approximate surface area is 217 Å². The van der Waals surface area contributed by atoms with Crippen LogP contribution in [0.25, 0.3) is 10.2 Å². The molecule has 11 nitrogen and oxygen atoms in total. The summed E-state index contributed by atoms with van der Waals surface area (Å²) in [5.41, 5.74) is 0.668. The predicted molar refractivity (Wildman–Crippen MR) is 135 cm³/mol. The second kappa shape index (κ2) is 10.8. The van der Waals surface area contributed by atoms with E-state index in [0.29, 0.717) is 23.4 Å². The number of hydrogen-bond acceptors (Lipinski definition) is 9. The largest absolute Gasteiger partial charge is 0.465 e. The molecule has 2 heterocycles. The molecule has 0 aliphatic carbocycles. The van der Waals surface area contributed by atoms with Crippen molar-refractivity contribution in [3.63, 3.8) is 0 Å². The van der Waals surface area contributed by atoms with E-state index in [-0.39, 0.29) is 46.4 Å². The van der Waals surface area contributed by atoms with Crippen LogP contribution in [0.3, 0.4) is 0 Å². The zero-order chi connectivity index (χ0) is 26.8. The number of aromatic nitrogens is 1. The Morgan fingerprint density at radius 2 is 1.68 bits per heavy atom. The maximum atomic E-state index is 13.0. The van der Waals surface area contributed by atoms with Crippen LogP contribution in [0.4, 0.5) is 0 Å². The van der Waals surface area contributed by atoms with Crippen LogP contribution in [0.5, 0.6) is 0 Å². The number of morpholine rings is 1. The highest BCUT2D eigenvalue weighted by Gasteiger charge is 2.26. The van der Waals surface area contributed by atoms with Crippen LogP contribution >= 0.6 is 11.3 Å². The number of ether oxygens (including phenoxy) is 2. The molecular formula is C23H25N3O8S3. The molecule has 0 atom stereocenters. The molecule has 1 aliphatic rings. The van der Waals surface area contributed by atoms with E-state index in [0.717, 1.165) is 17.6 Å². The van der Waals surface area contributed by atoms with Crippen molar-refractivity contribution >= 4 is 53.3 Å². The van der Waals surface area contributed by atoms with Crippen LogP contribution in [0.2, 0.25) is 0 Å². The number of benzene rings is 2. The number of esters is 1. The zero-order valence-electron chi connectivity index (χ0n) is 20.1. The third-order valence-electron chi connectivity index (χ3n) is 5.58. The quantitative estimate of drug-likeness (QED) is 0.391. The third-order valence-corrected chi connectivity index (χ3v) is 9.65. The summed E-state index contributed by atoms with van der Waals surface area (Å²) in [4.78, 5) is 29.7. The average molecular weight is 568 g/mol. The van der Waals surface area contributed by atoms with Crippen molar-refractivity contribution in [2.75, 3.05) is 39.2 Å². The Morgan fingerprint density at radius 1 is 1.03 bits per heavy atom. The van der Waals surface area contributed by atoms with Gasteiger partial charge in [-0.1, -0.05) is 11.3 Å². The summed E-state index contributed by atoms with van der Waals surface area (Å²) in [6.07, 6.45) is 1.09. The number of rotatable bonds is 7. The summed E-state index contributed by atoms with van der Waals surface area (Å²) >= 11 is 1.05. The van der Waals surface area contributed by atoms with Crippen molar-refractivity contribution < 1.29 is 35.9 Å². The molecule has 0 spiro atoms. The number of hydrogen-bond donors (Lipinski definition) is 0. The Kier molecular flexibility index (Phi) is 7.94. The molecule has 1 aromatic heterocycles. The van der Waals surface area contributed by atoms with Gasteiger partial charge in [0.1, 0.15) is 6.54 Å². The number of carbonyl (C=O) groups is 2. The van der Waals surface area contributed by atoms with Crippen molar-refractivity contribution in [2.45, 2.75) is 23.3 Å². The second-order valence-electron chi connectivity index (χ2n) is 8.14. The summed E-state index contributed by atoms with van der Waals surface area (Å²) in [5.74, 6) is -1.19. The monoisotopic (exact) mass is 567 g/mol. The van der Waals surface area contributed by atoms with E-state index >= 15 is 0 Å². The van der Waals surface area contributed by atoms with E-state index in [1.807, 2.05) is 0 Å². The molecule has 14 heteroatoms. The molecule has 1 amide bonds. The minimum Gasteiger partial charge on any atom is -0.465 e. The van der Waals surface area contributed by atoms with Gasteiger partial charge in [-0.15, -0.1) is 0 Å². The predicted octanol–water partition coefficient (Wildman–Crippen LogP) is 1.43. The molecule has 1 saturated heterocycles. The first-order chi connectivity index (χ1) is 17.5. The first-order valence-electron chi connectivity index (χ1n) is 11.3. The summed E-state index contributed by atoms with van der Waals surface area (Å²) in [6.45, 7) is 2.77. The fraction of sp³-hybridized carbons (Fsp3) is 0.348. The SMILES string of the molecule is CCOC(=O)Cn1c(=NC(=O)c2ccc(S(=O)(=O)N3CCOCC3)cc2)sc2cc(S(C)(=O)=O)ccc21. The summed E-state index contributed by atoms with van der Waals surface area (Å²) in [6, 6.07) is 9.90. The van der Waals surface area contributed by atoms with Gasteiger partial charge in [-0.2, -0.15) is 9.30 Å². The highest BCUT2D eigenvalue weighted by Crippen LogP contribution is 2.23. The minimum absolute atomic E-state index is 0.0542. The van der Waals surface area contributed by atoms with Crippen LogP contribution in [-0.4, -0.2) is 76.8 Å². The van der Waals surface area contributed by atoms with Crippen molar-refractivity contribution in [1.82, 2.24) is 8.87 Å². The van der Waals surface area contributed by atoms with Gasteiger partial charge in [0.15, 0.2) is 14.6 Å². The van der Waals surface area contributed by atoms with E-state index < -0.39 is 31.7 Å². The van der Waals surface area contributed by atoms with Crippen LogP contribution in [-0.2, 0) is 40.7 Å². The lowest BCUT2D eigenvalue weighted by Gasteiger charge is -2.26. The topological polar surface area (TPSA) is 141 Å². The van der Waals surface area contributed by atoms with E-state index in [9.17, 15) is 26.4 Å². The Bertz CT molecular complexity index is 1620. The third kappa shape index (κ3) is 5.99. The fourth-order valence-electron chi connectivity index (χ4n) is 3.71. The molecule has 0 saturated carbocycles. The number of thiazole rings is 1. The molecule has 0 N–H and O–H groups in total. The first kappa shape index (κ1) is 27.1. The fourth-order valence-corrected chi connectivity index (χ4v) is 6.91. The summed E-state index contributed by atoms with van der Waals surface area (Å²) < 4.78 is 63.2. The molecule has 0 unspecified atom stereocenters. The van der Waals surface area contributed by atoms with Gasteiger partial charge in [0, 0.05) is 24.9 Å². The number of nitrogens with zero attached hydrogens (tertiary/aromatic N) is 3. The van der Waals surface area contributed by atoms with Crippen molar-refractivity contribution in [1.29, 1.82) is 0 Å². The molecule has 198 valence electrons. The summed E-state index contributed by atoms with van der Waals surface area (Å²) in [5, 5.41) is 0. The van der Waals surface area contributed by atoms with Crippen molar-refractivity contribution in [3.8, 4) is 0 Å². The van der Waals surface area contributed by atoms with Gasteiger partial charge < -0.3 is 14.0 Å². The molecule has 3 aromatic rings. The van der Waals surface area contributed by atoms with Crippen LogP contribution in [0.15, 0.2) is 57.2 Å². The number of sulfonamides is 1. The highest BCUT2D eigenvalue weighted by atomic mass is 32.2. The second-order valence-corrected chi connectivity index (χ2v) is 13.1. The maximum absolute atomic E-state index is 13.0. The average Bonchev–Trinajstić information content (AvgIpc) is 3.20. The number of carbonyl (C=O) groups excluding carboxylic acids is 2. The van der Waals surface area contributed by atoms with Crippen LogP contribution in [0.1, 0.15) is 17.3 Å². The highest BCUT2D eigenvalue weighted by molar-refractivity contribution is 7.90. The van der Waals surface area contributed by atoms with Crippen molar-refractivity contribution in [3.05, 3.63) is 52.8 Å². The smallest absolute Gasteiger partial charge is 0.326 e. The number of sulfone groups is 1. The normalized spacial score (nSPS) is 15.7. The number of fused-ring (bicyclic) bond motifs is 1. The Hall–Kier alpha value is -2.91. The molecule has 1 fully saturated rings. The number of amides is 1. The van der Waals surface area contributed by atoms with Gasteiger partial charge in [-0.3, -0.25) is 9.59 Å². The molecule has 37 heavy (non-hydrogen) atoms. The first-order valence-corrected chi connectivity index (χ1v) is 15.4. The van der Waals surface area contributed by atoms with Crippen LogP contribution < -0.4 is 4.80 Å². The van der Waals surface area contributed by atoms with Crippen molar-refractivity contribution in [2.24, 2.45) is 4.99 Å². The van der Waals surface area contributed by atoms with Gasteiger partial charge in [0.2, 0.25) is 10.0 Å². The van der Waals surface area contributed by atoms with E-state index in [1.54, 1.807) is 13.0 Å². The minimum atomic E-state index is -3.71. The molecule has 0 bridgehead atoms. The molecule has 0 radical (unpaired) electrons. The van der Waals surface area contributed by atoms with Gasteiger partial charge in [0.05, 0.1) is 39.8 Å². The maximum Gasteiger partial charge on any atom is 0.326 e. The molecule has 2 aromatic carbocycles. The molecule has 4 rings (SSSR count). The lowest BCUT2D eigenvalue weighted by Crippen LogP contribution is -2.40. The lowest BCUT2D eigenvalue weighted by atomic mass is 10.2. The Morgan fingerprint density at radius 3 is 2.30 bits per heavy atom. The van der Waals surface area contributed by atoms with Gasteiger partial charge in [0.25, 0.3) is 5.91 Å². The van der Waals surface area contributed by atoms with Gasteiger partial charge >= 0.3 is 5.97 Å². The van der Waals surface area contributed by atoms with Crippen LogP contribution in [0, 0.1) is 0 Å². The van der Waals surface area contributed by atoms with Gasteiger partial charge in [-0.05, 0) is 49.4 Å². The summed E-state index contributed by atoms with van der Waals surface area (Å²) in [7, 11) is -7.19. The van der Waals surface area contributed by atoms with E-state index in [1.165, 1.54) is 45.3 Å². The Balaban J connectivity index is 1.71. The van der Waals surface area contributed by atoms with E-state index in [4.69, 9.17) is 9.47 Å². The lowest BCUT2D eigenvalue weighted by molar-refractivity contribution is -0.143.